The van der Waals surface area contributed by atoms with Gasteiger partial charge in [-0.15, -0.1) is 0 Å². The Hall–Kier alpha value is -0.890. The zero-order chi connectivity index (χ0) is 11.0. The summed E-state index contributed by atoms with van der Waals surface area (Å²) < 4.78 is 0.852. The molecule has 1 aromatic rings. The van der Waals surface area contributed by atoms with Crippen LogP contribution in [0.3, 0.4) is 0 Å². The van der Waals surface area contributed by atoms with Crippen LogP contribution in [0.5, 0.6) is 0 Å². The molecule has 1 fully saturated rings. The molecule has 1 aliphatic carbocycles. The number of nitrogens with one attached hydrogen (secondary N) is 1. The van der Waals surface area contributed by atoms with Crippen LogP contribution in [-0.4, -0.2) is 17.0 Å². The van der Waals surface area contributed by atoms with E-state index in [0.717, 1.165) is 9.99 Å². The second-order valence-electron chi connectivity index (χ2n) is 3.57. The molecular formula is C9H10IN3O2. The van der Waals surface area contributed by atoms with Gasteiger partial charge in [-0.05, 0) is 41.1 Å². The van der Waals surface area contributed by atoms with E-state index >= 15 is 0 Å². The van der Waals surface area contributed by atoms with E-state index in [1.54, 1.807) is 12.1 Å². The van der Waals surface area contributed by atoms with Crippen molar-refractivity contribution in [3.05, 3.63) is 31.9 Å². The maximum atomic E-state index is 10.8. The van der Waals surface area contributed by atoms with Crippen molar-refractivity contribution in [2.45, 2.75) is 18.5 Å². The molecule has 2 rings (SSSR count). The van der Waals surface area contributed by atoms with Crippen molar-refractivity contribution >= 4 is 34.0 Å². The third-order valence-corrected chi connectivity index (χ3v) is 3.01. The van der Waals surface area contributed by atoms with E-state index in [2.05, 4.69) is 27.9 Å². The highest BCUT2D eigenvalue weighted by Gasteiger charge is 2.34. The fourth-order valence-electron chi connectivity index (χ4n) is 1.36. The molecule has 0 bridgehead atoms. The maximum Gasteiger partial charge on any atom is 0.293 e. The van der Waals surface area contributed by atoms with Gasteiger partial charge in [0.2, 0.25) is 0 Å². The fraction of sp³-hybridized carbons (Fsp3) is 0.333. The lowest BCUT2D eigenvalue weighted by Crippen LogP contribution is -2.14. The average Bonchev–Trinajstić information content (AvgIpc) is 2.85. The zero-order valence-electron chi connectivity index (χ0n) is 7.81. The molecule has 3 N–H and O–H groups in total. The quantitative estimate of drug-likeness (QED) is 0.505. The third-order valence-electron chi connectivity index (χ3n) is 2.34. The van der Waals surface area contributed by atoms with Crippen molar-refractivity contribution in [2.75, 3.05) is 5.32 Å². The van der Waals surface area contributed by atoms with E-state index in [1.165, 1.54) is 0 Å². The van der Waals surface area contributed by atoms with E-state index < -0.39 is 0 Å². The molecule has 0 aromatic heterocycles. The monoisotopic (exact) mass is 319 g/mol. The van der Waals surface area contributed by atoms with Gasteiger partial charge < -0.3 is 11.1 Å². The minimum absolute atomic E-state index is 0.112. The Morgan fingerprint density at radius 3 is 2.80 bits per heavy atom. The first-order valence-electron chi connectivity index (χ1n) is 4.54. The van der Waals surface area contributed by atoms with E-state index in [1.807, 2.05) is 6.07 Å². The molecule has 1 saturated carbocycles. The Kier molecular flexibility index (Phi) is 2.79. The lowest BCUT2D eigenvalue weighted by atomic mass is 10.2. The van der Waals surface area contributed by atoms with Crippen LogP contribution >= 0.6 is 22.6 Å². The van der Waals surface area contributed by atoms with Crippen LogP contribution < -0.4 is 11.1 Å². The zero-order valence-corrected chi connectivity index (χ0v) is 9.97. The molecule has 5 nitrogen and oxygen atoms in total. The molecule has 6 heteroatoms. The van der Waals surface area contributed by atoms with Crippen LogP contribution in [0, 0.1) is 13.7 Å². The number of hydrogen-bond donors (Lipinski definition) is 2. The summed E-state index contributed by atoms with van der Waals surface area (Å²) in [5.74, 6) is 0. The number of benzene rings is 1. The van der Waals surface area contributed by atoms with Crippen LogP contribution in [0.2, 0.25) is 0 Å². The number of nitro groups is 1. The van der Waals surface area contributed by atoms with Crippen LogP contribution in [-0.2, 0) is 0 Å². The van der Waals surface area contributed by atoms with Crippen molar-refractivity contribution in [1.29, 1.82) is 0 Å². The molecule has 80 valence electrons. The summed E-state index contributed by atoms with van der Waals surface area (Å²) in [6, 6.07) is 5.43. The first-order valence-corrected chi connectivity index (χ1v) is 5.62. The Morgan fingerprint density at radius 2 is 2.27 bits per heavy atom. The van der Waals surface area contributed by atoms with Crippen LogP contribution in [0.15, 0.2) is 18.2 Å². The van der Waals surface area contributed by atoms with Gasteiger partial charge in [-0.2, -0.15) is 0 Å². The summed E-state index contributed by atoms with van der Waals surface area (Å²) >= 11 is 2.05. The topological polar surface area (TPSA) is 81.2 Å². The summed E-state index contributed by atoms with van der Waals surface area (Å²) in [4.78, 5) is 10.4. The Morgan fingerprint density at radius 1 is 1.60 bits per heavy atom. The molecule has 1 aromatic carbocycles. The van der Waals surface area contributed by atoms with Gasteiger partial charge >= 0.3 is 0 Å². The largest absolute Gasteiger partial charge is 0.375 e. The number of rotatable bonds is 3. The number of halogens is 1. The number of nitro benzene ring substituents is 1. The highest BCUT2D eigenvalue weighted by Crippen LogP contribution is 2.31. The summed E-state index contributed by atoms with van der Waals surface area (Å²) in [5.41, 5.74) is 6.30. The first-order chi connectivity index (χ1) is 7.08. The van der Waals surface area contributed by atoms with Crippen molar-refractivity contribution < 1.29 is 4.92 Å². The lowest BCUT2D eigenvalue weighted by molar-refractivity contribution is -0.384. The predicted octanol–water partition coefficient (Wildman–Crippen LogP) is 1.71. The molecule has 0 aliphatic heterocycles. The smallest absolute Gasteiger partial charge is 0.293 e. The molecule has 2 atom stereocenters. The standard InChI is InChI=1S/C9H10IN3O2/c10-5-1-2-7(9(3-5)13(14)15)12-8-4-6(8)11/h1-3,6,8,12H,4,11H2. The van der Waals surface area contributed by atoms with Crippen molar-refractivity contribution in [1.82, 2.24) is 0 Å². The highest BCUT2D eigenvalue weighted by atomic mass is 127. The SMILES string of the molecule is NC1CC1Nc1ccc(I)cc1[N+](=O)[O-]. The Bertz CT molecular complexity index is 410. The number of nitrogens with zero attached hydrogens (tertiary/aromatic N) is 1. The highest BCUT2D eigenvalue weighted by molar-refractivity contribution is 14.1. The molecule has 0 saturated heterocycles. The van der Waals surface area contributed by atoms with E-state index in [0.29, 0.717) is 5.69 Å². The summed E-state index contributed by atoms with van der Waals surface area (Å²) in [6.07, 6.45) is 0.878. The molecule has 15 heavy (non-hydrogen) atoms. The molecular weight excluding hydrogens is 309 g/mol. The van der Waals surface area contributed by atoms with Crippen molar-refractivity contribution in [2.24, 2.45) is 5.73 Å². The molecule has 0 spiro atoms. The van der Waals surface area contributed by atoms with Crippen LogP contribution in [0.4, 0.5) is 11.4 Å². The molecule has 2 unspecified atom stereocenters. The fourth-order valence-corrected chi connectivity index (χ4v) is 1.83. The number of hydrogen-bond acceptors (Lipinski definition) is 4. The number of nitrogens with two attached hydrogens (primary N) is 1. The normalized spacial score (nSPS) is 23.6. The van der Waals surface area contributed by atoms with Gasteiger partial charge in [0.25, 0.3) is 5.69 Å². The first kappa shape index (κ1) is 10.6. The van der Waals surface area contributed by atoms with Gasteiger partial charge in [0.05, 0.1) is 4.92 Å². The summed E-state index contributed by atoms with van der Waals surface area (Å²) in [6.45, 7) is 0. The van der Waals surface area contributed by atoms with E-state index in [4.69, 9.17) is 5.73 Å². The molecule has 0 amide bonds. The minimum Gasteiger partial charge on any atom is -0.375 e. The number of anilines is 1. The van der Waals surface area contributed by atoms with E-state index in [9.17, 15) is 10.1 Å². The minimum atomic E-state index is -0.377. The maximum absolute atomic E-state index is 10.8. The second-order valence-corrected chi connectivity index (χ2v) is 4.81. The lowest BCUT2D eigenvalue weighted by Gasteiger charge is -2.05. The summed E-state index contributed by atoms with van der Waals surface area (Å²) in [5, 5.41) is 13.9. The van der Waals surface area contributed by atoms with Gasteiger partial charge in [-0.25, -0.2) is 0 Å². The van der Waals surface area contributed by atoms with Crippen LogP contribution in [0.25, 0.3) is 0 Å². The summed E-state index contributed by atoms with van der Waals surface area (Å²) in [7, 11) is 0. The van der Waals surface area contributed by atoms with Gasteiger partial charge in [-0.3, -0.25) is 10.1 Å². The third kappa shape index (κ3) is 2.37. The van der Waals surface area contributed by atoms with Gasteiger partial charge in [0.15, 0.2) is 0 Å². The molecule has 0 radical (unpaired) electrons. The van der Waals surface area contributed by atoms with Gasteiger partial charge in [0.1, 0.15) is 5.69 Å². The molecule has 0 heterocycles. The predicted molar refractivity (Wildman–Crippen MR) is 65.8 cm³/mol. The van der Waals surface area contributed by atoms with Gasteiger partial charge in [-0.1, -0.05) is 0 Å². The molecule has 1 aliphatic rings. The second kappa shape index (κ2) is 3.93. The van der Waals surface area contributed by atoms with Crippen molar-refractivity contribution in [3.8, 4) is 0 Å². The Labute approximate surface area is 100 Å². The van der Waals surface area contributed by atoms with E-state index in [-0.39, 0.29) is 22.7 Å². The average molecular weight is 319 g/mol. The van der Waals surface area contributed by atoms with Gasteiger partial charge in [0, 0.05) is 21.7 Å². The Balaban J connectivity index is 2.25. The van der Waals surface area contributed by atoms with Crippen LogP contribution in [0.1, 0.15) is 6.42 Å². The van der Waals surface area contributed by atoms with Crippen molar-refractivity contribution in [3.63, 3.8) is 0 Å².